The molecule has 1 heterocycles. The average molecular weight is 342 g/mol. The number of para-hydroxylation sites is 2. The molecular weight excluding hydrogens is 316 g/mol. The fraction of sp³-hybridized carbons (Fsp3) is 0.421. The number of hydrogen-bond acceptors (Lipinski definition) is 3. The molecule has 0 bridgehead atoms. The van der Waals surface area contributed by atoms with Gasteiger partial charge in [0.25, 0.3) is 0 Å². The molecule has 0 saturated carbocycles. The molecule has 0 unspecified atom stereocenters. The summed E-state index contributed by atoms with van der Waals surface area (Å²) < 4.78 is 1.95. The Morgan fingerprint density at radius 1 is 1.24 bits per heavy atom. The van der Waals surface area contributed by atoms with E-state index < -0.39 is 0 Å². The standard InChI is InChI=1S/C19H26N4O2/c1-5-22(6-2)18(24)13-23-16-10-8-7-9-15(16)21-17(23)11-12-20-19(25)14(3)4/h7-10H,3,5-6,11-13H2,1-2,4H3,(H,20,25). The first kappa shape index (κ1) is 18.7. The van der Waals surface area contributed by atoms with Gasteiger partial charge in [-0.3, -0.25) is 9.59 Å². The highest BCUT2D eigenvalue weighted by atomic mass is 16.2. The van der Waals surface area contributed by atoms with Crippen LogP contribution in [0.5, 0.6) is 0 Å². The molecule has 6 nitrogen and oxygen atoms in total. The molecular formula is C19H26N4O2. The third-order valence-electron chi connectivity index (χ3n) is 4.16. The largest absolute Gasteiger partial charge is 0.352 e. The van der Waals surface area contributed by atoms with Crippen LogP contribution < -0.4 is 5.32 Å². The Kier molecular flexibility index (Phi) is 6.33. The van der Waals surface area contributed by atoms with Gasteiger partial charge in [-0.25, -0.2) is 4.98 Å². The van der Waals surface area contributed by atoms with Gasteiger partial charge in [-0.2, -0.15) is 0 Å². The lowest BCUT2D eigenvalue weighted by molar-refractivity contribution is -0.131. The highest BCUT2D eigenvalue weighted by molar-refractivity contribution is 5.92. The van der Waals surface area contributed by atoms with Gasteiger partial charge in [-0.05, 0) is 32.9 Å². The van der Waals surface area contributed by atoms with Crippen molar-refractivity contribution in [2.45, 2.75) is 33.7 Å². The van der Waals surface area contributed by atoms with E-state index in [1.807, 2.05) is 42.7 Å². The minimum Gasteiger partial charge on any atom is -0.352 e. The molecule has 0 atom stereocenters. The monoisotopic (exact) mass is 342 g/mol. The summed E-state index contributed by atoms with van der Waals surface area (Å²) in [7, 11) is 0. The van der Waals surface area contributed by atoms with Crippen molar-refractivity contribution >= 4 is 22.8 Å². The number of amides is 2. The Morgan fingerprint density at radius 3 is 2.56 bits per heavy atom. The quantitative estimate of drug-likeness (QED) is 0.748. The molecule has 0 fully saturated rings. The molecule has 2 aromatic rings. The molecule has 134 valence electrons. The molecule has 0 spiro atoms. The van der Waals surface area contributed by atoms with Crippen molar-refractivity contribution in [3.8, 4) is 0 Å². The molecule has 0 aliphatic rings. The summed E-state index contributed by atoms with van der Waals surface area (Å²) in [6, 6.07) is 7.77. The molecule has 0 aliphatic carbocycles. The number of carbonyl (C=O) groups excluding carboxylic acids is 2. The molecule has 0 radical (unpaired) electrons. The third-order valence-corrected chi connectivity index (χ3v) is 4.16. The number of carbonyl (C=O) groups is 2. The van der Waals surface area contributed by atoms with Gasteiger partial charge >= 0.3 is 0 Å². The number of aromatic nitrogens is 2. The van der Waals surface area contributed by atoms with Crippen LogP contribution in [-0.2, 0) is 22.6 Å². The molecule has 1 aromatic carbocycles. The van der Waals surface area contributed by atoms with Gasteiger partial charge in [0, 0.05) is 31.6 Å². The van der Waals surface area contributed by atoms with Crippen LogP contribution in [0.1, 0.15) is 26.6 Å². The summed E-state index contributed by atoms with van der Waals surface area (Å²) in [5.41, 5.74) is 2.27. The lowest BCUT2D eigenvalue weighted by Gasteiger charge is -2.20. The first-order valence-corrected chi connectivity index (χ1v) is 8.63. The van der Waals surface area contributed by atoms with E-state index in [0.717, 1.165) is 16.9 Å². The van der Waals surface area contributed by atoms with Gasteiger partial charge in [-0.1, -0.05) is 18.7 Å². The maximum absolute atomic E-state index is 12.5. The van der Waals surface area contributed by atoms with E-state index >= 15 is 0 Å². The lowest BCUT2D eigenvalue weighted by Crippen LogP contribution is -2.34. The van der Waals surface area contributed by atoms with Gasteiger partial charge in [-0.15, -0.1) is 0 Å². The number of nitrogens with one attached hydrogen (secondary N) is 1. The summed E-state index contributed by atoms with van der Waals surface area (Å²) in [6.07, 6.45) is 0.555. The minimum absolute atomic E-state index is 0.0698. The number of fused-ring (bicyclic) bond motifs is 1. The molecule has 1 aromatic heterocycles. The van der Waals surface area contributed by atoms with Gasteiger partial charge in [0.15, 0.2) is 0 Å². The fourth-order valence-electron chi connectivity index (χ4n) is 2.74. The van der Waals surface area contributed by atoms with Crippen molar-refractivity contribution in [3.63, 3.8) is 0 Å². The number of likely N-dealkylation sites (N-methyl/N-ethyl adjacent to an activating group) is 1. The SMILES string of the molecule is C=C(C)C(=O)NCCc1nc2ccccc2n1CC(=O)N(CC)CC. The van der Waals surface area contributed by atoms with E-state index in [1.165, 1.54) is 0 Å². The van der Waals surface area contributed by atoms with Crippen LogP contribution in [-0.4, -0.2) is 45.9 Å². The summed E-state index contributed by atoms with van der Waals surface area (Å²) >= 11 is 0. The van der Waals surface area contributed by atoms with Crippen LogP contribution in [0.25, 0.3) is 11.0 Å². The molecule has 0 aliphatic heterocycles. The Morgan fingerprint density at radius 2 is 1.92 bits per heavy atom. The van der Waals surface area contributed by atoms with E-state index in [9.17, 15) is 9.59 Å². The number of rotatable bonds is 8. The van der Waals surface area contributed by atoms with Crippen molar-refractivity contribution < 1.29 is 9.59 Å². The normalized spacial score (nSPS) is 10.7. The molecule has 25 heavy (non-hydrogen) atoms. The maximum atomic E-state index is 12.5. The summed E-state index contributed by atoms with van der Waals surface area (Å²) in [5.74, 6) is 0.700. The van der Waals surface area contributed by atoms with Gasteiger partial charge in [0.1, 0.15) is 12.4 Å². The van der Waals surface area contributed by atoms with E-state index in [4.69, 9.17) is 0 Å². The first-order chi connectivity index (χ1) is 12.0. The number of imidazole rings is 1. The Bertz CT molecular complexity index is 775. The van der Waals surface area contributed by atoms with E-state index in [1.54, 1.807) is 11.8 Å². The molecule has 0 saturated heterocycles. The van der Waals surface area contributed by atoms with Crippen molar-refractivity contribution in [2.24, 2.45) is 0 Å². The Balaban J connectivity index is 2.22. The van der Waals surface area contributed by atoms with E-state index in [0.29, 0.717) is 31.6 Å². The van der Waals surface area contributed by atoms with E-state index in [-0.39, 0.29) is 18.4 Å². The molecule has 1 N–H and O–H groups in total. The highest BCUT2D eigenvalue weighted by Crippen LogP contribution is 2.17. The topological polar surface area (TPSA) is 67.2 Å². The average Bonchev–Trinajstić information content (AvgIpc) is 2.93. The third kappa shape index (κ3) is 4.47. The summed E-state index contributed by atoms with van der Waals surface area (Å²) in [5, 5.41) is 2.81. The maximum Gasteiger partial charge on any atom is 0.246 e. The number of nitrogens with zero attached hydrogens (tertiary/aromatic N) is 3. The molecule has 6 heteroatoms. The van der Waals surface area contributed by atoms with Crippen molar-refractivity contribution in [3.05, 3.63) is 42.2 Å². The van der Waals surface area contributed by atoms with Crippen LogP contribution in [0.3, 0.4) is 0 Å². The predicted octanol–water partition coefficient (Wildman–Crippen LogP) is 2.14. The predicted molar refractivity (Wildman–Crippen MR) is 99.2 cm³/mol. The summed E-state index contributed by atoms with van der Waals surface area (Å²) in [6.45, 7) is 11.3. The lowest BCUT2D eigenvalue weighted by atomic mass is 10.3. The fourth-order valence-corrected chi connectivity index (χ4v) is 2.74. The van der Waals surface area contributed by atoms with Crippen molar-refractivity contribution in [1.82, 2.24) is 19.8 Å². The molecule has 2 rings (SSSR count). The number of benzene rings is 1. The summed E-state index contributed by atoms with van der Waals surface area (Å²) in [4.78, 5) is 30.6. The van der Waals surface area contributed by atoms with Crippen LogP contribution in [0.4, 0.5) is 0 Å². The van der Waals surface area contributed by atoms with Gasteiger partial charge in [0.2, 0.25) is 11.8 Å². The Hall–Kier alpha value is -2.63. The van der Waals surface area contributed by atoms with Crippen molar-refractivity contribution in [1.29, 1.82) is 0 Å². The zero-order valence-corrected chi connectivity index (χ0v) is 15.2. The molecule has 2 amide bonds. The Labute approximate surface area is 148 Å². The first-order valence-electron chi connectivity index (χ1n) is 8.63. The van der Waals surface area contributed by atoms with Crippen LogP contribution in [0.15, 0.2) is 36.4 Å². The van der Waals surface area contributed by atoms with Crippen LogP contribution in [0, 0.1) is 0 Å². The van der Waals surface area contributed by atoms with Gasteiger partial charge < -0.3 is 14.8 Å². The number of hydrogen-bond donors (Lipinski definition) is 1. The van der Waals surface area contributed by atoms with Gasteiger partial charge in [0.05, 0.1) is 11.0 Å². The van der Waals surface area contributed by atoms with Crippen molar-refractivity contribution in [2.75, 3.05) is 19.6 Å². The van der Waals surface area contributed by atoms with Crippen LogP contribution in [0.2, 0.25) is 0 Å². The second-order valence-electron chi connectivity index (χ2n) is 5.96. The van der Waals surface area contributed by atoms with E-state index in [2.05, 4.69) is 16.9 Å². The zero-order chi connectivity index (χ0) is 18.4. The highest BCUT2D eigenvalue weighted by Gasteiger charge is 2.16. The van der Waals surface area contributed by atoms with Crippen LogP contribution >= 0.6 is 0 Å². The minimum atomic E-state index is -0.165. The second kappa shape index (κ2) is 8.46. The smallest absolute Gasteiger partial charge is 0.246 e. The second-order valence-corrected chi connectivity index (χ2v) is 5.96. The zero-order valence-electron chi connectivity index (χ0n) is 15.2.